The molecule has 1 fully saturated rings. The fourth-order valence-electron chi connectivity index (χ4n) is 2.64. The summed E-state index contributed by atoms with van der Waals surface area (Å²) in [4.78, 5) is 21.6. The van der Waals surface area contributed by atoms with Crippen molar-refractivity contribution in [3.05, 3.63) is 34.1 Å². The number of halogens is 1. The zero-order valence-electron chi connectivity index (χ0n) is 13.0. The molecule has 1 aliphatic rings. The molecular formula is C16H20FNO5. The number of nitro benzene ring substituents is 1. The van der Waals surface area contributed by atoms with Crippen LogP contribution in [-0.4, -0.2) is 23.6 Å². The standard InChI is InChI=1S/C16H20FNO5/c1-2-9-22-16(19)11-3-5-12(6-4-11)23-13-7-8-15(18(20)21)14(17)10-13/h7-8,10-12H,2-6,9H2,1H3. The first-order chi connectivity index (χ1) is 11.0. The summed E-state index contributed by atoms with van der Waals surface area (Å²) in [6, 6.07) is 3.51. The van der Waals surface area contributed by atoms with Gasteiger partial charge in [-0.15, -0.1) is 0 Å². The second-order valence-electron chi connectivity index (χ2n) is 5.63. The summed E-state index contributed by atoms with van der Waals surface area (Å²) < 4.78 is 24.4. The molecule has 2 rings (SSSR count). The van der Waals surface area contributed by atoms with Crippen LogP contribution in [0.1, 0.15) is 39.0 Å². The van der Waals surface area contributed by atoms with Crippen molar-refractivity contribution in [1.29, 1.82) is 0 Å². The molecule has 0 unspecified atom stereocenters. The van der Waals surface area contributed by atoms with Crippen LogP contribution in [0.15, 0.2) is 18.2 Å². The number of carbonyl (C=O) groups is 1. The van der Waals surface area contributed by atoms with Gasteiger partial charge in [-0.2, -0.15) is 4.39 Å². The van der Waals surface area contributed by atoms with Gasteiger partial charge in [0.05, 0.1) is 23.6 Å². The first-order valence-corrected chi connectivity index (χ1v) is 7.78. The molecule has 0 radical (unpaired) electrons. The van der Waals surface area contributed by atoms with Gasteiger partial charge in [-0.3, -0.25) is 14.9 Å². The highest BCUT2D eigenvalue weighted by molar-refractivity contribution is 5.72. The maximum Gasteiger partial charge on any atom is 0.308 e. The largest absolute Gasteiger partial charge is 0.490 e. The molecule has 126 valence electrons. The third-order valence-electron chi connectivity index (χ3n) is 3.87. The Balaban J connectivity index is 1.86. The molecule has 0 N–H and O–H groups in total. The Bertz CT molecular complexity index is 570. The highest BCUT2D eigenvalue weighted by atomic mass is 19.1. The first-order valence-electron chi connectivity index (χ1n) is 7.78. The van der Waals surface area contributed by atoms with Gasteiger partial charge in [0, 0.05) is 12.1 Å². The lowest BCUT2D eigenvalue weighted by molar-refractivity contribution is -0.387. The summed E-state index contributed by atoms with van der Waals surface area (Å²) in [7, 11) is 0. The smallest absolute Gasteiger partial charge is 0.308 e. The molecule has 1 aromatic rings. The molecule has 0 bridgehead atoms. The molecule has 23 heavy (non-hydrogen) atoms. The van der Waals surface area contributed by atoms with E-state index in [1.165, 1.54) is 6.07 Å². The molecule has 1 aliphatic carbocycles. The average Bonchev–Trinajstić information content (AvgIpc) is 2.53. The summed E-state index contributed by atoms with van der Waals surface area (Å²) in [6.45, 7) is 2.39. The van der Waals surface area contributed by atoms with Crippen LogP contribution in [0, 0.1) is 21.8 Å². The Morgan fingerprint density at radius 1 is 1.35 bits per heavy atom. The number of carbonyl (C=O) groups excluding carboxylic acids is 1. The fourth-order valence-corrected chi connectivity index (χ4v) is 2.64. The third kappa shape index (κ3) is 4.64. The SMILES string of the molecule is CCCOC(=O)C1CCC(Oc2ccc([N+](=O)[O-])c(F)c2)CC1. The lowest BCUT2D eigenvalue weighted by Crippen LogP contribution is -2.29. The van der Waals surface area contributed by atoms with Gasteiger partial charge in [0.25, 0.3) is 0 Å². The summed E-state index contributed by atoms with van der Waals surface area (Å²) in [5.41, 5.74) is -0.570. The van der Waals surface area contributed by atoms with Gasteiger partial charge in [-0.05, 0) is 38.2 Å². The highest BCUT2D eigenvalue weighted by Gasteiger charge is 2.28. The second-order valence-corrected chi connectivity index (χ2v) is 5.63. The predicted molar refractivity (Wildman–Crippen MR) is 80.7 cm³/mol. The van der Waals surface area contributed by atoms with Crippen LogP contribution in [0.25, 0.3) is 0 Å². The van der Waals surface area contributed by atoms with Gasteiger partial charge < -0.3 is 9.47 Å². The third-order valence-corrected chi connectivity index (χ3v) is 3.87. The number of ether oxygens (including phenoxy) is 2. The van der Waals surface area contributed by atoms with Gasteiger partial charge in [-0.1, -0.05) is 6.92 Å². The van der Waals surface area contributed by atoms with E-state index in [2.05, 4.69) is 0 Å². The summed E-state index contributed by atoms with van der Waals surface area (Å²) in [6.07, 6.45) is 3.36. The Kier molecular flexibility index (Phi) is 5.90. The molecule has 0 atom stereocenters. The molecular weight excluding hydrogens is 305 g/mol. The Labute approximate surface area is 133 Å². The monoisotopic (exact) mass is 325 g/mol. The number of esters is 1. The van der Waals surface area contributed by atoms with Crippen molar-refractivity contribution in [2.45, 2.75) is 45.1 Å². The van der Waals surface area contributed by atoms with Gasteiger partial charge in [-0.25, -0.2) is 0 Å². The van der Waals surface area contributed by atoms with Crippen molar-refractivity contribution in [1.82, 2.24) is 0 Å². The minimum atomic E-state index is -0.913. The zero-order valence-corrected chi connectivity index (χ0v) is 13.0. The van der Waals surface area contributed by atoms with E-state index < -0.39 is 16.4 Å². The lowest BCUT2D eigenvalue weighted by atomic mass is 9.87. The van der Waals surface area contributed by atoms with Gasteiger partial charge >= 0.3 is 11.7 Å². The number of hydrogen-bond donors (Lipinski definition) is 0. The fraction of sp³-hybridized carbons (Fsp3) is 0.562. The molecule has 0 heterocycles. The number of rotatable bonds is 6. The van der Waals surface area contributed by atoms with E-state index in [0.717, 1.165) is 18.6 Å². The molecule has 7 heteroatoms. The van der Waals surface area contributed by atoms with Crippen molar-refractivity contribution in [2.24, 2.45) is 5.92 Å². The Morgan fingerprint density at radius 2 is 2.04 bits per heavy atom. The molecule has 0 amide bonds. The zero-order chi connectivity index (χ0) is 16.8. The van der Waals surface area contributed by atoms with Crippen molar-refractivity contribution in [3.8, 4) is 5.75 Å². The van der Waals surface area contributed by atoms with E-state index in [9.17, 15) is 19.3 Å². The van der Waals surface area contributed by atoms with E-state index in [0.29, 0.717) is 32.3 Å². The van der Waals surface area contributed by atoms with E-state index in [1.54, 1.807) is 0 Å². The topological polar surface area (TPSA) is 78.7 Å². The summed E-state index contributed by atoms with van der Waals surface area (Å²) in [5, 5.41) is 10.6. The van der Waals surface area contributed by atoms with Crippen LogP contribution in [0.2, 0.25) is 0 Å². The van der Waals surface area contributed by atoms with Crippen LogP contribution in [0.3, 0.4) is 0 Å². The summed E-state index contributed by atoms with van der Waals surface area (Å²) in [5.74, 6) is -0.906. The van der Waals surface area contributed by atoms with Crippen LogP contribution in [-0.2, 0) is 9.53 Å². The molecule has 0 aromatic heterocycles. The van der Waals surface area contributed by atoms with Crippen LogP contribution in [0.5, 0.6) is 5.75 Å². The predicted octanol–water partition coefficient (Wildman–Crippen LogP) is 3.62. The van der Waals surface area contributed by atoms with E-state index in [-0.39, 0.29) is 23.7 Å². The Hall–Kier alpha value is -2.18. The molecule has 0 spiro atoms. The maximum absolute atomic E-state index is 13.6. The molecule has 6 nitrogen and oxygen atoms in total. The lowest BCUT2D eigenvalue weighted by Gasteiger charge is -2.27. The van der Waals surface area contributed by atoms with Gasteiger partial charge in [0.1, 0.15) is 5.75 Å². The van der Waals surface area contributed by atoms with Crippen molar-refractivity contribution in [2.75, 3.05) is 6.61 Å². The molecule has 1 saturated carbocycles. The molecule has 0 saturated heterocycles. The van der Waals surface area contributed by atoms with Gasteiger partial charge in [0.2, 0.25) is 5.82 Å². The van der Waals surface area contributed by atoms with E-state index >= 15 is 0 Å². The van der Waals surface area contributed by atoms with Crippen molar-refractivity contribution < 1.29 is 23.6 Å². The number of nitro groups is 1. The number of hydrogen-bond acceptors (Lipinski definition) is 5. The van der Waals surface area contributed by atoms with Crippen molar-refractivity contribution in [3.63, 3.8) is 0 Å². The minimum absolute atomic E-state index is 0.102. The van der Waals surface area contributed by atoms with Gasteiger partial charge in [0.15, 0.2) is 0 Å². The second kappa shape index (κ2) is 7.89. The van der Waals surface area contributed by atoms with Crippen LogP contribution < -0.4 is 4.74 Å². The molecule has 1 aromatic carbocycles. The number of nitrogens with zero attached hydrogens (tertiary/aromatic N) is 1. The maximum atomic E-state index is 13.6. The quantitative estimate of drug-likeness (QED) is 0.453. The van der Waals surface area contributed by atoms with E-state index in [1.807, 2.05) is 6.92 Å². The van der Waals surface area contributed by atoms with Crippen LogP contribution in [0.4, 0.5) is 10.1 Å². The van der Waals surface area contributed by atoms with Crippen molar-refractivity contribution >= 4 is 11.7 Å². The minimum Gasteiger partial charge on any atom is -0.490 e. The van der Waals surface area contributed by atoms with E-state index in [4.69, 9.17) is 9.47 Å². The average molecular weight is 325 g/mol. The Morgan fingerprint density at radius 3 is 2.61 bits per heavy atom. The normalized spacial score (nSPS) is 20.8. The summed E-state index contributed by atoms with van der Waals surface area (Å²) >= 11 is 0. The first kappa shape index (κ1) is 17.2. The number of benzene rings is 1. The highest BCUT2D eigenvalue weighted by Crippen LogP contribution is 2.30. The van der Waals surface area contributed by atoms with Crippen LogP contribution >= 0.6 is 0 Å². The molecule has 0 aliphatic heterocycles.